The van der Waals surface area contributed by atoms with Crippen molar-refractivity contribution in [1.82, 2.24) is 4.90 Å². The standard InChI is InChI=1S/C9H18N2O/c1-7(2)11-5-3-4-8(6-10)9(11)12/h7-8H,3-6,10H2,1-2H3/t8-/m1/s1. The summed E-state index contributed by atoms with van der Waals surface area (Å²) >= 11 is 0. The molecule has 2 N–H and O–H groups in total. The predicted molar refractivity (Wildman–Crippen MR) is 48.6 cm³/mol. The van der Waals surface area contributed by atoms with E-state index in [-0.39, 0.29) is 11.8 Å². The smallest absolute Gasteiger partial charge is 0.227 e. The summed E-state index contributed by atoms with van der Waals surface area (Å²) in [5.41, 5.74) is 5.51. The number of carbonyl (C=O) groups is 1. The Morgan fingerprint density at radius 1 is 1.67 bits per heavy atom. The molecule has 0 aliphatic carbocycles. The summed E-state index contributed by atoms with van der Waals surface area (Å²) < 4.78 is 0. The third-order valence-corrected chi connectivity index (χ3v) is 2.49. The molecule has 1 heterocycles. The molecule has 1 atom stereocenters. The van der Waals surface area contributed by atoms with Gasteiger partial charge in [0.15, 0.2) is 0 Å². The number of carbonyl (C=O) groups excluding carboxylic acids is 1. The quantitative estimate of drug-likeness (QED) is 0.659. The summed E-state index contributed by atoms with van der Waals surface area (Å²) in [6, 6.07) is 0.326. The molecule has 0 radical (unpaired) electrons. The first kappa shape index (κ1) is 9.52. The van der Waals surface area contributed by atoms with Crippen molar-refractivity contribution in [2.24, 2.45) is 11.7 Å². The van der Waals surface area contributed by atoms with Gasteiger partial charge >= 0.3 is 0 Å². The van der Waals surface area contributed by atoms with Crippen LogP contribution in [-0.4, -0.2) is 29.9 Å². The number of hydrogen-bond acceptors (Lipinski definition) is 2. The molecule has 1 amide bonds. The molecular weight excluding hydrogens is 152 g/mol. The largest absolute Gasteiger partial charge is 0.340 e. The minimum absolute atomic E-state index is 0.0844. The molecule has 0 spiro atoms. The van der Waals surface area contributed by atoms with Crippen LogP contribution in [0, 0.1) is 5.92 Å². The van der Waals surface area contributed by atoms with Crippen molar-refractivity contribution < 1.29 is 4.79 Å². The second-order valence-corrected chi connectivity index (χ2v) is 3.70. The third kappa shape index (κ3) is 1.78. The number of rotatable bonds is 2. The van der Waals surface area contributed by atoms with E-state index in [0.29, 0.717) is 12.6 Å². The molecule has 3 heteroatoms. The van der Waals surface area contributed by atoms with Gasteiger partial charge in [-0.05, 0) is 26.7 Å². The maximum absolute atomic E-state index is 11.6. The lowest BCUT2D eigenvalue weighted by Crippen LogP contribution is -2.47. The van der Waals surface area contributed by atoms with E-state index in [1.807, 2.05) is 4.90 Å². The van der Waals surface area contributed by atoms with E-state index in [0.717, 1.165) is 19.4 Å². The van der Waals surface area contributed by atoms with Gasteiger partial charge in [-0.25, -0.2) is 0 Å². The van der Waals surface area contributed by atoms with Crippen molar-refractivity contribution in [2.45, 2.75) is 32.7 Å². The Morgan fingerprint density at radius 3 is 2.83 bits per heavy atom. The topological polar surface area (TPSA) is 46.3 Å². The van der Waals surface area contributed by atoms with Crippen molar-refractivity contribution >= 4 is 5.91 Å². The van der Waals surface area contributed by atoms with E-state index < -0.39 is 0 Å². The van der Waals surface area contributed by atoms with Crippen LogP contribution in [0.15, 0.2) is 0 Å². The highest BCUT2D eigenvalue weighted by Crippen LogP contribution is 2.18. The van der Waals surface area contributed by atoms with E-state index in [1.165, 1.54) is 0 Å². The van der Waals surface area contributed by atoms with Gasteiger partial charge in [-0.2, -0.15) is 0 Å². The van der Waals surface area contributed by atoms with E-state index in [4.69, 9.17) is 5.73 Å². The highest BCUT2D eigenvalue weighted by atomic mass is 16.2. The maximum atomic E-state index is 11.6. The van der Waals surface area contributed by atoms with Gasteiger partial charge in [-0.15, -0.1) is 0 Å². The molecule has 1 aliphatic rings. The lowest BCUT2D eigenvalue weighted by molar-refractivity contribution is -0.139. The molecule has 1 saturated heterocycles. The molecular formula is C9H18N2O. The Bertz CT molecular complexity index is 168. The second-order valence-electron chi connectivity index (χ2n) is 3.70. The number of nitrogens with two attached hydrogens (primary N) is 1. The van der Waals surface area contributed by atoms with Crippen molar-refractivity contribution in [3.05, 3.63) is 0 Å². The van der Waals surface area contributed by atoms with Crippen LogP contribution in [0.5, 0.6) is 0 Å². The van der Waals surface area contributed by atoms with Gasteiger partial charge in [-0.1, -0.05) is 0 Å². The van der Waals surface area contributed by atoms with Gasteiger partial charge in [-0.3, -0.25) is 4.79 Å². The second kappa shape index (κ2) is 3.90. The minimum Gasteiger partial charge on any atom is -0.340 e. The van der Waals surface area contributed by atoms with Crippen LogP contribution in [0.3, 0.4) is 0 Å². The zero-order valence-electron chi connectivity index (χ0n) is 7.92. The first-order valence-corrected chi connectivity index (χ1v) is 4.67. The van der Waals surface area contributed by atoms with Crippen molar-refractivity contribution in [1.29, 1.82) is 0 Å². The van der Waals surface area contributed by atoms with Crippen LogP contribution in [0.4, 0.5) is 0 Å². The molecule has 0 bridgehead atoms. The van der Waals surface area contributed by atoms with E-state index in [2.05, 4.69) is 13.8 Å². The van der Waals surface area contributed by atoms with Gasteiger partial charge in [0.25, 0.3) is 0 Å². The van der Waals surface area contributed by atoms with E-state index in [9.17, 15) is 4.79 Å². The fourth-order valence-corrected chi connectivity index (χ4v) is 1.71. The van der Waals surface area contributed by atoms with E-state index >= 15 is 0 Å². The molecule has 0 unspecified atom stereocenters. The summed E-state index contributed by atoms with van der Waals surface area (Å²) in [6.45, 7) is 5.52. The minimum atomic E-state index is 0.0844. The molecule has 12 heavy (non-hydrogen) atoms. The highest BCUT2D eigenvalue weighted by molar-refractivity contribution is 5.80. The molecule has 0 aromatic carbocycles. The predicted octanol–water partition coefficient (Wildman–Crippen LogP) is 0.592. The van der Waals surface area contributed by atoms with Crippen LogP contribution in [0.2, 0.25) is 0 Å². The van der Waals surface area contributed by atoms with Gasteiger partial charge in [0.05, 0.1) is 5.92 Å². The molecule has 1 aliphatic heterocycles. The molecule has 1 rings (SSSR count). The van der Waals surface area contributed by atoms with Crippen molar-refractivity contribution in [2.75, 3.05) is 13.1 Å². The fourth-order valence-electron chi connectivity index (χ4n) is 1.71. The first-order valence-electron chi connectivity index (χ1n) is 4.67. The Labute approximate surface area is 73.9 Å². The van der Waals surface area contributed by atoms with Crippen LogP contribution < -0.4 is 5.73 Å². The number of nitrogens with zero attached hydrogens (tertiary/aromatic N) is 1. The summed E-state index contributed by atoms with van der Waals surface area (Å²) in [5.74, 6) is 0.333. The van der Waals surface area contributed by atoms with Gasteiger partial charge in [0.1, 0.15) is 0 Å². The first-order chi connectivity index (χ1) is 5.66. The van der Waals surface area contributed by atoms with Crippen molar-refractivity contribution in [3.63, 3.8) is 0 Å². The van der Waals surface area contributed by atoms with Gasteiger partial charge in [0.2, 0.25) is 5.91 Å². The zero-order chi connectivity index (χ0) is 9.14. The average Bonchev–Trinajstić information content (AvgIpc) is 2.04. The van der Waals surface area contributed by atoms with Crippen LogP contribution >= 0.6 is 0 Å². The van der Waals surface area contributed by atoms with Gasteiger partial charge in [0, 0.05) is 19.1 Å². The number of amides is 1. The van der Waals surface area contributed by atoms with Crippen LogP contribution in [0.25, 0.3) is 0 Å². The summed E-state index contributed by atoms with van der Waals surface area (Å²) in [6.07, 6.45) is 2.07. The molecule has 3 nitrogen and oxygen atoms in total. The Balaban J connectivity index is 2.59. The van der Waals surface area contributed by atoms with Gasteiger partial charge < -0.3 is 10.6 Å². The Kier molecular flexibility index (Phi) is 3.09. The summed E-state index contributed by atoms with van der Waals surface area (Å²) in [7, 11) is 0. The van der Waals surface area contributed by atoms with Crippen LogP contribution in [0.1, 0.15) is 26.7 Å². The number of piperidine rings is 1. The lowest BCUT2D eigenvalue weighted by Gasteiger charge is -2.34. The lowest BCUT2D eigenvalue weighted by atomic mass is 9.96. The molecule has 0 aromatic heterocycles. The molecule has 1 fully saturated rings. The monoisotopic (exact) mass is 170 g/mol. The zero-order valence-corrected chi connectivity index (χ0v) is 7.92. The third-order valence-electron chi connectivity index (χ3n) is 2.49. The molecule has 0 aromatic rings. The highest BCUT2D eigenvalue weighted by Gasteiger charge is 2.28. The van der Waals surface area contributed by atoms with Crippen molar-refractivity contribution in [3.8, 4) is 0 Å². The summed E-state index contributed by atoms with van der Waals surface area (Å²) in [5, 5.41) is 0. The average molecular weight is 170 g/mol. The number of likely N-dealkylation sites (tertiary alicyclic amines) is 1. The SMILES string of the molecule is CC(C)N1CCC[C@H](CN)C1=O. The van der Waals surface area contributed by atoms with Crippen LogP contribution in [-0.2, 0) is 4.79 Å². The Morgan fingerprint density at radius 2 is 2.33 bits per heavy atom. The fraction of sp³-hybridized carbons (Fsp3) is 0.889. The van der Waals surface area contributed by atoms with E-state index in [1.54, 1.807) is 0 Å². The normalized spacial score (nSPS) is 25.2. The molecule has 70 valence electrons. The number of hydrogen-bond donors (Lipinski definition) is 1. The molecule has 0 saturated carbocycles. The maximum Gasteiger partial charge on any atom is 0.227 e. The summed E-state index contributed by atoms with van der Waals surface area (Å²) in [4.78, 5) is 13.6. The Hall–Kier alpha value is -0.570.